The molecule has 1 saturated heterocycles. The summed E-state index contributed by atoms with van der Waals surface area (Å²) in [5, 5.41) is 4.47. The van der Waals surface area contributed by atoms with Crippen LogP contribution in [0.2, 0.25) is 0 Å². The molecule has 2 aromatic heterocycles. The molecule has 6 nitrogen and oxygen atoms in total. The van der Waals surface area contributed by atoms with Crippen LogP contribution in [0.25, 0.3) is 10.9 Å². The predicted molar refractivity (Wildman–Crippen MR) is 111 cm³/mol. The Labute approximate surface area is 170 Å². The molecule has 3 aromatic rings. The molecule has 0 bridgehead atoms. The molecule has 1 aliphatic heterocycles. The first-order valence-electron chi connectivity index (χ1n) is 10.4. The van der Waals surface area contributed by atoms with Crippen LogP contribution < -0.4 is 5.32 Å². The summed E-state index contributed by atoms with van der Waals surface area (Å²) in [6.45, 7) is 3.35. The zero-order chi connectivity index (χ0) is 19.6. The first kappa shape index (κ1) is 18.3. The van der Waals surface area contributed by atoms with Crippen LogP contribution >= 0.6 is 0 Å². The summed E-state index contributed by atoms with van der Waals surface area (Å²) in [7, 11) is 0. The van der Waals surface area contributed by atoms with Gasteiger partial charge in [-0.25, -0.2) is 0 Å². The van der Waals surface area contributed by atoms with Crippen molar-refractivity contribution in [3.05, 3.63) is 66.1 Å². The maximum atomic E-state index is 13.2. The molecule has 5 rings (SSSR count). The van der Waals surface area contributed by atoms with E-state index < -0.39 is 0 Å². The molecule has 1 saturated carbocycles. The highest BCUT2D eigenvalue weighted by Gasteiger charge is 2.37. The molecular formula is C23H26N4O2. The van der Waals surface area contributed by atoms with Crippen LogP contribution in [0.15, 0.2) is 54.9 Å². The van der Waals surface area contributed by atoms with Crippen molar-refractivity contribution in [2.24, 2.45) is 0 Å². The van der Waals surface area contributed by atoms with Gasteiger partial charge in [0.05, 0.1) is 18.8 Å². The summed E-state index contributed by atoms with van der Waals surface area (Å²) in [6, 6.07) is 14.7. The molecule has 1 aliphatic carbocycles. The molecule has 150 valence electrons. The third-order valence-corrected chi connectivity index (χ3v) is 5.74. The lowest BCUT2D eigenvalue weighted by molar-refractivity contribution is -0.146. The molecule has 1 N–H and O–H groups in total. The number of nitrogens with one attached hydrogen (secondary N) is 1. The largest absolute Gasteiger partial charge is 0.366 e. The summed E-state index contributed by atoms with van der Waals surface area (Å²) in [5.74, 6) is 0.112. The number of benzene rings is 1. The van der Waals surface area contributed by atoms with Gasteiger partial charge in [-0.2, -0.15) is 0 Å². The maximum Gasteiger partial charge on any atom is 0.253 e. The lowest BCUT2D eigenvalue weighted by atomic mass is 10.1. The number of hydrogen-bond donors (Lipinski definition) is 1. The number of carbonyl (C=O) groups excluding carboxylic acids is 1. The van der Waals surface area contributed by atoms with Gasteiger partial charge in [0.1, 0.15) is 6.10 Å². The Kier molecular flexibility index (Phi) is 5.04. The normalized spacial score (nSPS) is 19.4. The molecule has 1 amide bonds. The van der Waals surface area contributed by atoms with Gasteiger partial charge >= 0.3 is 0 Å². The van der Waals surface area contributed by atoms with Crippen molar-refractivity contribution in [1.82, 2.24) is 19.8 Å². The summed E-state index contributed by atoms with van der Waals surface area (Å²) < 4.78 is 7.98. The highest BCUT2D eigenvalue weighted by molar-refractivity contribution is 5.86. The van der Waals surface area contributed by atoms with Crippen molar-refractivity contribution in [3.8, 4) is 0 Å². The van der Waals surface area contributed by atoms with Crippen LogP contribution in [0.1, 0.15) is 24.1 Å². The lowest BCUT2D eigenvalue weighted by Gasteiger charge is -2.30. The molecule has 2 aliphatic rings. The number of nitrogens with zero attached hydrogens (tertiary/aromatic N) is 3. The number of para-hydroxylation sites is 1. The minimum atomic E-state index is -0.369. The van der Waals surface area contributed by atoms with Crippen LogP contribution in [0.3, 0.4) is 0 Å². The van der Waals surface area contributed by atoms with Gasteiger partial charge in [0.15, 0.2) is 0 Å². The Balaban J connectivity index is 1.43. The zero-order valence-corrected chi connectivity index (χ0v) is 16.5. The molecule has 29 heavy (non-hydrogen) atoms. The smallest absolute Gasteiger partial charge is 0.253 e. The maximum absolute atomic E-state index is 13.2. The average molecular weight is 390 g/mol. The molecular weight excluding hydrogens is 364 g/mol. The van der Waals surface area contributed by atoms with Gasteiger partial charge in [0.25, 0.3) is 5.91 Å². The van der Waals surface area contributed by atoms with E-state index in [1.54, 1.807) is 0 Å². The Morgan fingerprint density at radius 1 is 1.21 bits per heavy atom. The van der Waals surface area contributed by atoms with E-state index in [0.29, 0.717) is 32.3 Å². The minimum absolute atomic E-state index is 0.112. The van der Waals surface area contributed by atoms with Gasteiger partial charge in [0.2, 0.25) is 0 Å². The third-order valence-electron chi connectivity index (χ3n) is 5.74. The van der Waals surface area contributed by atoms with Crippen molar-refractivity contribution in [2.75, 3.05) is 19.7 Å². The molecule has 0 spiro atoms. The van der Waals surface area contributed by atoms with E-state index in [1.165, 1.54) is 16.5 Å². The second kappa shape index (κ2) is 7.97. The minimum Gasteiger partial charge on any atom is -0.366 e. The molecule has 6 heteroatoms. The van der Waals surface area contributed by atoms with Gasteiger partial charge in [-0.1, -0.05) is 24.3 Å². The molecule has 3 heterocycles. The fourth-order valence-corrected chi connectivity index (χ4v) is 4.11. The van der Waals surface area contributed by atoms with Crippen LogP contribution in [0.4, 0.5) is 0 Å². The van der Waals surface area contributed by atoms with Gasteiger partial charge in [-0.05, 0) is 36.6 Å². The fraction of sp³-hybridized carbons (Fsp3) is 0.391. The standard InChI is InChI=1S/C23H26N4O2/c28-23(22-13-24-11-12-29-22)27(19-8-9-19)15-17-14-26(16-18-5-3-4-10-25-18)21-7-2-1-6-20(17)21/h1-7,10,14,19,22,24H,8-9,11-13,15-16H2. The van der Waals surface area contributed by atoms with E-state index in [4.69, 9.17) is 4.74 Å². The van der Waals surface area contributed by atoms with Crippen molar-refractivity contribution in [2.45, 2.75) is 38.1 Å². The molecule has 1 unspecified atom stereocenters. The average Bonchev–Trinajstić information content (AvgIpc) is 3.57. The molecule has 2 fully saturated rings. The van der Waals surface area contributed by atoms with Gasteiger partial charge in [0, 0.05) is 49.0 Å². The number of amides is 1. The Hall–Kier alpha value is -2.70. The monoisotopic (exact) mass is 390 g/mol. The third kappa shape index (κ3) is 3.91. The summed E-state index contributed by atoms with van der Waals surface area (Å²) in [5.41, 5.74) is 3.38. The van der Waals surface area contributed by atoms with Crippen molar-refractivity contribution >= 4 is 16.8 Å². The van der Waals surface area contributed by atoms with Crippen LogP contribution in [0, 0.1) is 0 Å². The fourth-order valence-electron chi connectivity index (χ4n) is 4.11. The first-order chi connectivity index (χ1) is 14.3. The van der Waals surface area contributed by atoms with E-state index in [9.17, 15) is 4.79 Å². The highest BCUT2D eigenvalue weighted by Crippen LogP contribution is 2.32. The number of rotatable bonds is 6. The van der Waals surface area contributed by atoms with Gasteiger partial charge < -0.3 is 19.5 Å². The van der Waals surface area contributed by atoms with Crippen LogP contribution in [0.5, 0.6) is 0 Å². The number of fused-ring (bicyclic) bond motifs is 1. The Bertz CT molecular complexity index is 991. The summed E-state index contributed by atoms with van der Waals surface area (Å²) >= 11 is 0. The van der Waals surface area contributed by atoms with Crippen LogP contribution in [-0.2, 0) is 22.6 Å². The number of aromatic nitrogens is 2. The van der Waals surface area contributed by atoms with Crippen molar-refractivity contribution < 1.29 is 9.53 Å². The number of morpholine rings is 1. The highest BCUT2D eigenvalue weighted by atomic mass is 16.5. The van der Waals surface area contributed by atoms with E-state index in [1.807, 2.05) is 29.3 Å². The summed E-state index contributed by atoms with van der Waals surface area (Å²) in [4.78, 5) is 19.7. The van der Waals surface area contributed by atoms with E-state index >= 15 is 0 Å². The van der Waals surface area contributed by atoms with E-state index in [2.05, 4.69) is 45.3 Å². The SMILES string of the molecule is O=C(C1CNCCO1)N(Cc1cn(Cc2ccccn2)c2ccccc12)C1CC1. The Morgan fingerprint density at radius 3 is 2.83 bits per heavy atom. The number of hydrogen-bond acceptors (Lipinski definition) is 4. The quantitative estimate of drug-likeness (QED) is 0.703. The predicted octanol–water partition coefficient (Wildman–Crippen LogP) is 2.56. The number of pyridine rings is 1. The molecule has 1 aromatic carbocycles. The van der Waals surface area contributed by atoms with Gasteiger partial charge in [-0.15, -0.1) is 0 Å². The van der Waals surface area contributed by atoms with E-state index in [-0.39, 0.29) is 12.0 Å². The summed E-state index contributed by atoms with van der Waals surface area (Å²) in [6.07, 6.45) is 5.80. The van der Waals surface area contributed by atoms with Crippen molar-refractivity contribution in [1.29, 1.82) is 0 Å². The van der Waals surface area contributed by atoms with Gasteiger partial charge in [-0.3, -0.25) is 9.78 Å². The van der Waals surface area contributed by atoms with E-state index in [0.717, 1.165) is 25.1 Å². The zero-order valence-electron chi connectivity index (χ0n) is 16.5. The lowest BCUT2D eigenvalue weighted by Crippen LogP contribution is -2.49. The van der Waals surface area contributed by atoms with Crippen molar-refractivity contribution in [3.63, 3.8) is 0 Å². The number of ether oxygens (including phenoxy) is 1. The molecule has 1 atom stereocenters. The topological polar surface area (TPSA) is 59.4 Å². The second-order valence-electron chi connectivity index (χ2n) is 7.88. The Morgan fingerprint density at radius 2 is 2.07 bits per heavy atom. The van der Waals surface area contributed by atoms with Crippen LogP contribution in [-0.4, -0.2) is 52.2 Å². The first-order valence-corrected chi connectivity index (χ1v) is 10.4. The second-order valence-corrected chi connectivity index (χ2v) is 7.88. The number of carbonyl (C=O) groups is 1. The molecule has 0 radical (unpaired) electrons.